The molecule has 2 heterocycles. The number of alkyl halides is 3. The summed E-state index contributed by atoms with van der Waals surface area (Å²) in [5.74, 6) is -0.112. The molecule has 8 nitrogen and oxygen atoms in total. The lowest BCUT2D eigenvalue weighted by Crippen LogP contribution is -2.63. The van der Waals surface area contributed by atoms with Gasteiger partial charge in [0.15, 0.2) is 0 Å². The highest BCUT2D eigenvalue weighted by atomic mass is 19.4. The normalized spacial score (nSPS) is 24.5. The van der Waals surface area contributed by atoms with E-state index in [0.717, 1.165) is 25.0 Å². The number of fused-ring (bicyclic) bond motifs is 1. The Hall–Kier alpha value is -2.76. The number of hydrogen-bond donors (Lipinski definition) is 4. The monoisotopic (exact) mass is 493 g/mol. The van der Waals surface area contributed by atoms with Crippen molar-refractivity contribution >= 4 is 22.6 Å². The van der Waals surface area contributed by atoms with Gasteiger partial charge >= 0.3 is 6.18 Å². The zero-order valence-corrected chi connectivity index (χ0v) is 19.3. The van der Waals surface area contributed by atoms with Gasteiger partial charge in [0.25, 0.3) is 0 Å². The average molecular weight is 494 g/mol. The summed E-state index contributed by atoms with van der Waals surface area (Å²) >= 11 is 0. The van der Waals surface area contributed by atoms with Crippen LogP contribution >= 0.6 is 0 Å². The lowest BCUT2D eigenvalue weighted by atomic mass is 9.76. The lowest BCUT2D eigenvalue weighted by Gasteiger charge is -2.48. The van der Waals surface area contributed by atoms with Crippen LogP contribution in [0.25, 0.3) is 10.9 Å². The molecule has 11 heteroatoms. The number of amides is 1. The molecule has 4 rings (SSSR count). The van der Waals surface area contributed by atoms with Crippen molar-refractivity contribution in [2.75, 3.05) is 25.0 Å². The molecular formula is C24H30F3N5O3. The topological polar surface area (TPSA) is 111 Å². The fourth-order valence-corrected chi connectivity index (χ4v) is 4.90. The number of rotatable bonds is 8. The third-order valence-corrected chi connectivity index (χ3v) is 7.00. The Balaban J connectivity index is 1.24. The summed E-state index contributed by atoms with van der Waals surface area (Å²) < 4.78 is 39.2. The molecule has 1 amide bonds. The van der Waals surface area contributed by atoms with Gasteiger partial charge in [0.05, 0.1) is 35.4 Å². The molecule has 1 saturated heterocycles. The maximum atomic E-state index is 13.1. The highest BCUT2D eigenvalue weighted by Gasteiger charge is 2.42. The van der Waals surface area contributed by atoms with Gasteiger partial charge in [-0.05, 0) is 50.3 Å². The Kier molecular flexibility index (Phi) is 7.30. The molecule has 1 aliphatic carbocycles. The third-order valence-electron chi connectivity index (χ3n) is 7.00. The molecule has 0 spiro atoms. The minimum Gasteiger partial charge on any atom is -0.390 e. The molecule has 1 atom stereocenters. The molecule has 1 aromatic heterocycles. The van der Waals surface area contributed by atoms with E-state index in [1.165, 1.54) is 12.4 Å². The minimum absolute atomic E-state index is 0.0181. The third kappa shape index (κ3) is 5.74. The minimum atomic E-state index is -4.49. The number of nitrogens with one attached hydrogen (secondary N) is 2. The van der Waals surface area contributed by atoms with Gasteiger partial charge in [-0.25, -0.2) is 9.97 Å². The molecule has 0 radical (unpaired) electrons. The Labute approximate surface area is 201 Å². The molecule has 4 N–H and O–H groups in total. The number of halogens is 3. The number of aromatic nitrogens is 2. The number of carbonyl (C=O) groups is 1. The van der Waals surface area contributed by atoms with E-state index in [2.05, 4.69) is 32.1 Å². The average Bonchev–Trinajstić information content (AvgIpc) is 2.80. The molecule has 2 fully saturated rings. The first kappa shape index (κ1) is 25.3. The van der Waals surface area contributed by atoms with Crippen LogP contribution in [-0.2, 0) is 11.0 Å². The van der Waals surface area contributed by atoms with Crippen molar-refractivity contribution in [3.05, 3.63) is 42.7 Å². The van der Waals surface area contributed by atoms with Crippen LogP contribution < -0.4 is 10.6 Å². The van der Waals surface area contributed by atoms with Crippen molar-refractivity contribution in [1.82, 2.24) is 20.2 Å². The highest BCUT2D eigenvalue weighted by molar-refractivity contribution is 5.91. The Morgan fingerprint density at radius 1 is 1.29 bits per heavy atom. The van der Waals surface area contributed by atoms with Gasteiger partial charge in [0.2, 0.25) is 5.91 Å². The number of nitrogens with zero attached hydrogens (tertiary/aromatic N) is 3. The second-order valence-electron chi connectivity index (χ2n) is 9.40. The summed E-state index contributed by atoms with van der Waals surface area (Å²) in [5.41, 5.74) is -1.53. The number of benzene rings is 1. The summed E-state index contributed by atoms with van der Waals surface area (Å²) in [6.45, 7) is 4.87. The number of hydrogen-bond acceptors (Lipinski definition) is 7. The fraction of sp³-hybridized carbons (Fsp3) is 0.542. The predicted molar refractivity (Wildman–Crippen MR) is 125 cm³/mol. The summed E-state index contributed by atoms with van der Waals surface area (Å²) in [5, 5.41) is 26.8. The maximum Gasteiger partial charge on any atom is 0.416 e. The molecule has 190 valence electrons. The maximum absolute atomic E-state index is 13.1. The predicted octanol–water partition coefficient (Wildman–Crippen LogP) is 2.47. The molecule has 1 unspecified atom stereocenters. The van der Waals surface area contributed by atoms with Gasteiger partial charge in [-0.1, -0.05) is 6.08 Å². The molecule has 1 aromatic carbocycles. The Bertz CT molecular complexity index is 1070. The SMILES string of the molecule is C=CCC(O)[C@]1(O)CC[C@H](N2CC(NC(=O)CNc3ncnc4ccc(C(F)(F)F)cc34)C2)CC1. The lowest BCUT2D eigenvalue weighted by molar-refractivity contribution is -0.137. The summed E-state index contributed by atoms with van der Waals surface area (Å²) in [7, 11) is 0. The van der Waals surface area contributed by atoms with Crippen LogP contribution in [0, 0.1) is 0 Å². The van der Waals surface area contributed by atoms with E-state index in [1.54, 1.807) is 6.08 Å². The molecular weight excluding hydrogens is 463 g/mol. The van der Waals surface area contributed by atoms with E-state index < -0.39 is 23.4 Å². The van der Waals surface area contributed by atoms with Crippen LogP contribution in [-0.4, -0.2) is 74.4 Å². The van der Waals surface area contributed by atoms with Crippen LogP contribution in [0.4, 0.5) is 19.0 Å². The van der Waals surface area contributed by atoms with E-state index in [-0.39, 0.29) is 29.7 Å². The first-order valence-corrected chi connectivity index (χ1v) is 11.7. The van der Waals surface area contributed by atoms with E-state index >= 15 is 0 Å². The highest BCUT2D eigenvalue weighted by Crippen LogP contribution is 2.36. The second kappa shape index (κ2) is 10.1. The quantitative estimate of drug-likeness (QED) is 0.418. The van der Waals surface area contributed by atoms with Gasteiger partial charge in [-0.2, -0.15) is 13.2 Å². The van der Waals surface area contributed by atoms with E-state index in [1.807, 2.05) is 0 Å². The molecule has 1 saturated carbocycles. The summed E-state index contributed by atoms with van der Waals surface area (Å²) in [6.07, 6.45) is 0.504. The van der Waals surface area contributed by atoms with Crippen molar-refractivity contribution < 1.29 is 28.2 Å². The van der Waals surface area contributed by atoms with Crippen LogP contribution in [0.3, 0.4) is 0 Å². The van der Waals surface area contributed by atoms with Crippen LogP contribution in [0.1, 0.15) is 37.7 Å². The molecule has 2 aliphatic rings. The molecule has 0 bridgehead atoms. The zero-order valence-electron chi connectivity index (χ0n) is 19.3. The van der Waals surface area contributed by atoms with Crippen LogP contribution in [0.5, 0.6) is 0 Å². The van der Waals surface area contributed by atoms with Crippen LogP contribution in [0.2, 0.25) is 0 Å². The van der Waals surface area contributed by atoms with Crippen molar-refractivity contribution in [1.29, 1.82) is 0 Å². The Morgan fingerprint density at radius 2 is 2.00 bits per heavy atom. The van der Waals surface area contributed by atoms with E-state index in [9.17, 15) is 28.2 Å². The smallest absolute Gasteiger partial charge is 0.390 e. The number of likely N-dealkylation sites (tertiary alicyclic amines) is 1. The summed E-state index contributed by atoms with van der Waals surface area (Å²) in [4.78, 5) is 22.6. The van der Waals surface area contributed by atoms with Gasteiger partial charge in [0.1, 0.15) is 12.1 Å². The van der Waals surface area contributed by atoms with Gasteiger partial charge < -0.3 is 20.8 Å². The molecule has 2 aromatic rings. The van der Waals surface area contributed by atoms with Crippen molar-refractivity contribution in [2.24, 2.45) is 0 Å². The molecule has 35 heavy (non-hydrogen) atoms. The van der Waals surface area contributed by atoms with Gasteiger partial charge in [-0.3, -0.25) is 9.69 Å². The number of aliphatic hydroxyl groups is 2. The van der Waals surface area contributed by atoms with Crippen molar-refractivity contribution in [3.63, 3.8) is 0 Å². The van der Waals surface area contributed by atoms with E-state index in [4.69, 9.17) is 0 Å². The van der Waals surface area contributed by atoms with Gasteiger partial charge in [-0.15, -0.1) is 6.58 Å². The van der Waals surface area contributed by atoms with Gasteiger partial charge in [0, 0.05) is 24.5 Å². The van der Waals surface area contributed by atoms with Crippen LogP contribution in [0.15, 0.2) is 37.2 Å². The first-order valence-electron chi connectivity index (χ1n) is 11.7. The second-order valence-corrected chi connectivity index (χ2v) is 9.40. The molecule has 1 aliphatic heterocycles. The van der Waals surface area contributed by atoms with Crippen molar-refractivity contribution in [2.45, 2.75) is 62.1 Å². The standard InChI is InChI=1S/C24H30F3N5O3/c1-2-3-20(33)23(35)8-6-17(7-9-23)32-12-16(13-32)31-21(34)11-28-22-18-10-15(24(25,26)27)4-5-19(18)29-14-30-22/h2,4-5,10,14,16-17,20,33,35H,1,3,6-9,11-13H2,(H,31,34)(H,28,29,30)/t17-,20?,23-. The van der Waals surface area contributed by atoms with E-state index in [0.29, 0.717) is 43.9 Å². The number of anilines is 1. The first-order chi connectivity index (χ1) is 16.6. The largest absolute Gasteiger partial charge is 0.416 e. The summed E-state index contributed by atoms with van der Waals surface area (Å²) in [6, 6.07) is 3.49. The Morgan fingerprint density at radius 3 is 2.66 bits per heavy atom. The number of carbonyl (C=O) groups excluding carboxylic acids is 1. The number of aliphatic hydroxyl groups excluding tert-OH is 1. The van der Waals surface area contributed by atoms with Crippen molar-refractivity contribution in [3.8, 4) is 0 Å². The zero-order chi connectivity index (χ0) is 25.2. The fourth-order valence-electron chi connectivity index (χ4n) is 4.90.